The second-order valence-corrected chi connectivity index (χ2v) is 6.78. The lowest BCUT2D eigenvalue weighted by atomic mass is 10.1. The number of hydrogen-bond donors (Lipinski definition) is 3. The Labute approximate surface area is 150 Å². The number of hydrazine groups is 2. The SMILES string of the molecule is C=Cc1ccc(N2NNN=C2c2cccnc2NC(C)(C)C)c(F)c1F. The molecule has 0 saturated carbocycles. The van der Waals surface area contributed by atoms with Crippen molar-refractivity contribution in [3.05, 3.63) is 59.8 Å². The Hall–Kier alpha value is -3.00. The summed E-state index contributed by atoms with van der Waals surface area (Å²) in [5.41, 5.74) is 5.76. The molecule has 1 aliphatic rings. The first kappa shape index (κ1) is 17.8. The number of aromatic nitrogens is 1. The predicted molar refractivity (Wildman–Crippen MR) is 99.3 cm³/mol. The molecule has 0 aliphatic carbocycles. The molecule has 136 valence electrons. The molecule has 0 amide bonds. The van der Waals surface area contributed by atoms with Crippen LogP contribution in [0.25, 0.3) is 6.08 Å². The standard InChI is InChI=1S/C18H20F2N6/c1-5-11-8-9-13(15(20)14(11)19)26-17(23-24-25-26)12-7-6-10-21-16(12)22-18(2,3)4/h5-10,24-25H,1H2,2-4H3,(H,21,22). The average Bonchev–Trinajstić information content (AvgIpc) is 3.05. The number of benzene rings is 1. The predicted octanol–water partition coefficient (Wildman–Crippen LogP) is 3.40. The second kappa shape index (κ2) is 6.72. The van der Waals surface area contributed by atoms with Crippen LogP contribution in [0.3, 0.4) is 0 Å². The third-order valence-electron chi connectivity index (χ3n) is 3.63. The van der Waals surface area contributed by atoms with E-state index in [2.05, 4.69) is 33.1 Å². The summed E-state index contributed by atoms with van der Waals surface area (Å²) in [4.78, 5) is 4.35. The molecular weight excluding hydrogens is 338 g/mol. The number of anilines is 2. The van der Waals surface area contributed by atoms with Gasteiger partial charge in [0, 0.05) is 17.3 Å². The van der Waals surface area contributed by atoms with E-state index >= 15 is 0 Å². The van der Waals surface area contributed by atoms with Crippen LogP contribution in [-0.2, 0) is 0 Å². The lowest BCUT2D eigenvalue weighted by Gasteiger charge is -2.25. The monoisotopic (exact) mass is 358 g/mol. The van der Waals surface area contributed by atoms with Crippen LogP contribution in [-0.4, -0.2) is 16.4 Å². The van der Waals surface area contributed by atoms with E-state index in [0.29, 0.717) is 17.2 Å². The third-order valence-corrected chi connectivity index (χ3v) is 3.63. The largest absolute Gasteiger partial charge is 0.365 e. The third kappa shape index (κ3) is 3.36. The molecule has 26 heavy (non-hydrogen) atoms. The van der Waals surface area contributed by atoms with Crippen LogP contribution in [0.2, 0.25) is 0 Å². The van der Waals surface area contributed by atoms with E-state index in [1.807, 2.05) is 20.8 Å². The fraction of sp³-hybridized carbons (Fsp3) is 0.222. The van der Waals surface area contributed by atoms with Crippen molar-refractivity contribution in [2.75, 3.05) is 10.3 Å². The quantitative estimate of drug-likeness (QED) is 0.782. The van der Waals surface area contributed by atoms with Gasteiger partial charge in [-0.2, -0.15) is 0 Å². The molecule has 8 heteroatoms. The van der Waals surface area contributed by atoms with Crippen LogP contribution in [0.15, 0.2) is 42.1 Å². The fourth-order valence-corrected chi connectivity index (χ4v) is 2.51. The topological polar surface area (TPSA) is 64.6 Å². The van der Waals surface area contributed by atoms with Gasteiger partial charge in [-0.25, -0.2) is 24.3 Å². The first-order valence-corrected chi connectivity index (χ1v) is 8.04. The number of amidine groups is 1. The molecule has 0 bridgehead atoms. The molecule has 1 aromatic carbocycles. The van der Waals surface area contributed by atoms with E-state index < -0.39 is 11.6 Å². The molecule has 2 heterocycles. The molecule has 3 N–H and O–H groups in total. The van der Waals surface area contributed by atoms with Gasteiger partial charge in [0.25, 0.3) is 0 Å². The van der Waals surface area contributed by atoms with Crippen molar-refractivity contribution in [1.29, 1.82) is 0 Å². The summed E-state index contributed by atoms with van der Waals surface area (Å²) in [7, 11) is 0. The minimum Gasteiger partial charge on any atom is -0.365 e. The summed E-state index contributed by atoms with van der Waals surface area (Å²) in [6, 6.07) is 6.46. The highest BCUT2D eigenvalue weighted by Crippen LogP contribution is 2.28. The molecular formula is C18H20F2N6. The Morgan fingerprint density at radius 2 is 1.96 bits per heavy atom. The van der Waals surface area contributed by atoms with Crippen molar-refractivity contribution in [3.63, 3.8) is 0 Å². The van der Waals surface area contributed by atoms with Gasteiger partial charge in [0.05, 0.1) is 5.56 Å². The number of nitrogens with one attached hydrogen (secondary N) is 3. The maximum atomic E-state index is 14.5. The molecule has 0 saturated heterocycles. The van der Waals surface area contributed by atoms with Crippen LogP contribution in [0, 0.1) is 11.6 Å². The van der Waals surface area contributed by atoms with Crippen LogP contribution in [0.4, 0.5) is 20.3 Å². The van der Waals surface area contributed by atoms with E-state index in [9.17, 15) is 8.78 Å². The van der Waals surface area contributed by atoms with Crippen LogP contribution in [0.1, 0.15) is 31.9 Å². The van der Waals surface area contributed by atoms with Gasteiger partial charge < -0.3 is 5.32 Å². The van der Waals surface area contributed by atoms with Gasteiger partial charge in [0.15, 0.2) is 17.5 Å². The zero-order valence-corrected chi connectivity index (χ0v) is 14.8. The summed E-state index contributed by atoms with van der Waals surface area (Å²) in [6.07, 6.45) is 2.91. The van der Waals surface area contributed by atoms with Gasteiger partial charge in [-0.15, -0.1) is 10.6 Å². The zero-order valence-electron chi connectivity index (χ0n) is 14.8. The Bertz CT molecular complexity index is 872. The van der Waals surface area contributed by atoms with Gasteiger partial charge in [-0.3, -0.25) is 0 Å². The molecule has 0 spiro atoms. The average molecular weight is 358 g/mol. The number of hydrogen-bond acceptors (Lipinski definition) is 6. The van der Waals surface area contributed by atoms with Crippen molar-refractivity contribution in [3.8, 4) is 0 Å². The van der Waals surface area contributed by atoms with Crippen LogP contribution < -0.4 is 21.4 Å². The van der Waals surface area contributed by atoms with E-state index in [0.717, 1.165) is 0 Å². The highest BCUT2D eigenvalue weighted by molar-refractivity contribution is 6.12. The van der Waals surface area contributed by atoms with Gasteiger partial charge in [-0.05, 0) is 45.0 Å². The first-order chi connectivity index (χ1) is 12.3. The Morgan fingerprint density at radius 3 is 2.65 bits per heavy atom. The highest BCUT2D eigenvalue weighted by atomic mass is 19.2. The second-order valence-electron chi connectivity index (χ2n) is 6.78. The molecule has 1 aliphatic heterocycles. The summed E-state index contributed by atoms with van der Waals surface area (Å²) >= 11 is 0. The zero-order chi connectivity index (χ0) is 18.9. The summed E-state index contributed by atoms with van der Waals surface area (Å²) in [6.45, 7) is 9.48. The number of nitrogens with zero attached hydrogens (tertiary/aromatic N) is 3. The van der Waals surface area contributed by atoms with Crippen molar-refractivity contribution in [2.45, 2.75) is 26.3 Å². The molecule has 2 aromatic rings. The summed E-state index contributed by atoms with van der Waals surface area (Å²) in [5.74, 6) is -1.03. The van der Waals surface area contributed by atoms with E-state index in [1.54, 1.807) is 18.3 Å². The van der Waals surface area contributed by atoms with Crippen LogP contribution >= 0.6 is 0 Å². The normalized spacial score (nSPS) is 14.0. The number of rotatable bonds is 4. The Morgan fingerprint density at radius 1 is 1.19 bits per heavy atom. The summed E-state index contributed by atoms with van der Waals surface area (Å²) < 4.78 is 28.7. The van der Waals surface area contributed by atoms with Gasteiger partial charge in [-0.1, -0.05) is 12.7 Å². The first-order valence-electron chi connectivity index (χ1n) is 8.04. The highest BCUT2D eigenvalue weighted by Gasteiger charge is 2.28. The lowest BCUT2D eigenvalue weighted by Crippen LogP contribution is -2.42. The molecule has 0 radical (unpaired) electrons. The van der Waals surface area contributed by atoms with Crippen molar-refractivity contribution >= 4 is 23.4 Å². The smallest absolute Gasteiger partial charge is 0.184 e. The van der Waals surface area contributed by atoms with Gasteiger partial charge in [0.1, 0.15) is 11.5 Å². The maximum Gasteiger partial charge on any atom is 0.184 e. The van der Waals surface area contributed by atoms with Gasteiger partial charge >= 0.3 is 0 Å². The minimum atomic E-state index is -1.000. The number of pyridine rings is 1. The van der Waals surface area contributed by atoms with Crippen molar-refractivity contribution in [1.82, 2.24) is 16.1 Å². The molecule has 1 aromatic heterocycles. The minimum absolute atomic E-state index is 0.0117. The fourth-order valence-electron chi connectivity index (χ4n) is 2.51. The summed E-state index contributed by atoms with van der Waals surface area (Å²) in [5, 5.41) is 8.78. The Kier molecular flexibility index (Phi) is 4.60. The number of halogens is 2. The van der Waals surface area contributed by atoms with Crippen molar-refractivity contribution in [2.24, 2.45) is 5.10 Å². The van der Waals surface area contributed by atoms with Gasteiger partial charge in [0.2, 0.25) is 0 Å². The molecule has 0 atom stereocenters. The molecule has 6 nitrogen and oxygen atoms in total. The molecule has 3 rings (SSSR count). The maximum absolute atomic E-state index is 14.5. The van der Waals surface area contributed by atoms with E-state index in [-0.39, 0.29) is 16.8 Å². The lowest BCUT2D eigenvalue weighted by molar-refractivity contribution is 0.502. The van der Waals surface area contributed by atoms with Crippen molar-refractivity contribution < 1.29 is 8.78 Å². The Balaban J connectivity index is 2.03. The van der Waals surface area contributed by atoms with E-state index in [4.69, 9.17) is 0 Å². The number of hydrazone groups is 1. The van der Waals surface area contributed by atoms with E-state index in [1.165, 1.54) is 23.2 Å². The molecule has 0 fully saturated rings. The molecule has 0 unspecified atom stereocenters. The van der Waals surface area contributed by atoms with Crippen LogP contribution in [0.5, 0.6) is 0 Å².